The highest BCUT2D eigenvalue weighted by Gasteiger charge is 2.15. The van der Waals surface area contributed by atoms with Crippen molar-refractivity contribution >= 4 is 0 Å². The smallest absolute Gasteiger partial charge is 0.314 e. The Hall–Kier alpha value is -0.730. The van der Waals surface area contributed by atoms with Crippen molar-refractivity contribution in [3.8, 4) is 0 Å². The van der Waals surface area contributed by atoms with Crippen LogP contribution in [0.4, 0.5) is 4.39 Å². The molecule has 0 aromatic rings. The molecule has 0 saturated heterocycles. The van der Waals surface area contributed by atoms with E-state index in [1.54, 1.807) is 0 Å². The van der Waals surface area contributed by atoms with Crippen molar-refractivity contribution in [3.63, 3.8) is 0 Å². The lowest BCUT2D eigenvalue weighted by Gasteiger charge is -1.99. The number of allylic oxidation sites excluding steroid dienone is 1. The molecule has 0 saturated carbocycles. The highest BCUT2D eigenvalue weighted by atomic mass is 19.1. The van der Waals surface area contributed by atoms with Crippen LogP contribution in [0.25, 0.3) is 0 Å². The maximum Gasteiger partial charge on any atom is 0.314 e. The van der Waals surface area contributed by atoms with Gasteiger partial charge in [-0.05, 0) is 6.42 Å². The molecule has 0 atom stereocenters. The van der Waals surface area contributed by atoms with Crippen LogP contribution < -0.4 is 0 Å². The summed E-state index contributed by atoms with van der Waals surface area (Å²) >= 11 is 0. The van der Waals surface area contributed by atoms with Crippen LogP contribution in [0.1, 0.15) is 39.0 Å². The predicted molar refractivity (Wildman–Crippen MR) is 43.9 cm³/mol. The lowest BCUT2D eigenvalue weighted by atomic mass is 10.1. The van der Waals surface area contributed by atoms with E-state index in [0.29, 0.717) is 12.2 Å². The van der Waals surface area contributed by atoms with E-state index in [2.05, 4.69) is 11.7 Å². The Morgan fingerprint density at radius 1 is 1.25 bits per heavy atom. The molecular formula is C9H15FO2. The van der Waals surface area contributed by atoms with Gasteiger partial charge in [-0.3, -0.25) is 0 Å². The van der Waals surface area contributed by atoms with Crippen molar-refractivity contribution in [2.75, 3.05) is 6.79 Å². The first-order valence-electron chi connectivity index (χ1n) is 4.49. The van der Waals surface area contributed by atoms with Crippen molar-refractivity contribution < 1.29 is 13.9 Å². The average Bonchev–Trinajstić information content (AvgIpc) is 2.46. The van der Waals surface area contributed by atoms with Gasteiger partial charge in [0.25, 0.3) is 0 Å². The molecule has 2 nitrogen and oxygen atoms in total. The third-order valence-electron chi connectivity index (χ3n) is 1.90. The molecule has 0 unspecified atom stereocenters. The summed E-state index contributed by atoms with van der Waals surface area (Å²) in [6.07, 6.45) is 5.19. The Morgan fingerprint density at radius 2 is 2.08 bits per heavy atom. The maximum atomic E-state index is 12.6. The van der Waals surface area contributed by atoms with E-state index in [1.165, 1.54) is 12.8 Å². The Kier molecular flexibility index (Phi) is 3.91. The lowest BCUT2D eigenvalue weighted by Crippen LogP contribution is -1.86. The van der Waals surface area contributed by atoms with Crippen molar-refractivity contribution in [1.29, 1.82) is 0 Å². The zero-order chi connectivity index (χ0) is 8.81. The highest BCUT2D eigenvalue weighted by Crippen LogP contribution is 2.22. The largest absolute Gasteiger partial charge is 0.455 e. The van der Waals surface area contributed by atoms with Gasteiger partial charge in [-0.1, -0.05) is 26.2 Å². The van der Waals surface area contributed by atoms with Crippen molar-refractivity contribution in [3.05, 3.63) is 11.8 Å². The molecule has 1 heterocycles. The number of unbranched alkanes of at least 4 members (excludes halogenated alkanes) is 3. The van der Waals surface area contributed by atoms with E-state index in [4.69, 9.17) is 4.74 Å². The van der Waals surface area contributed by atoms with Crippen LogP contribution in [-0.2, 0) is 9.47 Å². The summed E-state index contributed by atoms with van der Waals surface area (Å²) in [4.78, 5) is 0. The number of ether oxygens (including phenoxy) is 2. The molecule has 1 aliphatic rings. The van der Waals surface area contributed by atoms with Gasteiger partial charge in [0, 0.05) is 6.42 Å². The summed E-state index contributed by atoms with van der Waals surface area (Å²) < 4.78 is 22.1. The Labute approximate surface area is 72.4 Å². The minimum absolute atomic E-state index is 0.0505. The predicted octanol–water partition coefficient (Wildman–Crippen LogP) is 3.10. The van der Waals surface area contributed by atoms with Crippen LogP contribution in [0.15, 0.2) is 11.8 Å². The summed E-state index contributed by atoms with van der Waals surface area (Å²) in [6, 6.07) is -0.522. The van der Waals surface area contributed by atoms with Crippen LogP contribution in [0.2, 0.25) is 0 Å². The topological polar surface area (TPSA) is 18.5 Å². The Balaban J connectivity index is 2.10. The van der Waals surface area contributed by atoms with Gasteiger partial charge in [-0.2, -0.15) is 4.39 Å². The molecule has 0 aromatic carbocycles. The van der Waals surface area contributed by atoms with Gasteiger partial charge >= 0.3 is 6.01 Å². The summed E-state index contributed by atoms with van der Waals surface area (Å²) in [5.74, 6) is 0.395. The SMILES string of the molecule is CCCCCCC1=C(F)OCO1. The summed E-state index contributed by atoms with van der Waals surface area (Å²) in [5, 5.41) is 0. The summed E-state index contributed by atoms with van der Waals surface area (Å²) in [7, 11) is 0. The van der Waals surface area contributed by atoms with Gasteiger partial charge in [0.2, 0.25) is 6.79 Å². The molecule has 0 fully saturated rings. The van der Waals surface area contributed by atoms with E-state index in [9.17, 15) is 4.39 Å². The molecular weight excluding hydrogens is 159 g/mol. The Bertz CT molecular complexity index is 166. The molecule has 0 spiro atoms. The van der Waals surface area contributed by atoms with Crippen LogP contribution in [0.3, 0.4) is 0 Å². The highest BCUT2D eigenvalue weighted by molar-refractivity contribution is 4.96. The van der Waals surface area contributed by atoms with Crippen LogP contribution in [-0.4, -0.2) is 6.79 Å². The first kappa shape index (κ1) is 9.36. The van der Waals surface area contributed by atoms with E-state index in [1.807, 2.05) is 0 Å². The molecule has 0 radical (unpaired) electrons. The zero-order valence-electron chi connectivity index (χ0n) is 7.44. The first-order chi connectivity index (χ1) is 5.84. The molecule has 0 bridgehead atoms. The van der Waals surface area contributed by atoms with E-state index >= 15 is 0 Å². The van der Waals surface area contributed by atoms with Crippen LogP contribution >= 0.6 is 0 Å². The van der Waals surface area contributed by atoms with E-state index < -0.39 is 6.01 Å². The second-order valence-electron chi connectivity index (χ2n) is 2.91. The van der Waals surface area contributed by atoms with Crippen molar-refractivity contribution in [2.45, 2.75) is 39.0 Å². The maximum absolute atomic E-state index is 12.6. The molecule has 0 aromatic heterocycles. The standard InChI is InChI=1S/C9H15FO2/c1-2-3-4-5-6-8-9(10)12-7-11-8/h2-7H2,1H3. The van der Waals surface area contributed by atoms with Gasteiger partial charge in [0.15, 0.2) is 5.76 Å². The normalized spacial score (nSPS) is 16.2. The van der Waals surface area contributed by atoms with Crippen LogP contribution in [0, 0.1) is 0 Å². The second kappa shape index (κ2) is 5.01. The number of hydrogen-bond acceptors (Lipinski definition) is 2. The summed E-state index contributed by atoms with van der Waals surface area (Å²) in [6.45, 7) is 2.20. The second-order valence-corrected chi connectivity index (χ2v) is 2.91. The molecule has 0 N–H and O–H groups in total. The number of rotatable bonds is 5. The molecule has 0 aliphatic carbocycles. The molecule has 0 amide bonds. The lowest BCUT2D eigenvalue weighted by molar-refractivity contribution is 0.0513. The van der Waals surface area contributed by atoms with Crippen LogP contribution in [0.5, 0.6) is 0 Å². The molecule has 12 heavy (non-hydrogen) atoms. The molecule has 1 rings (SSSR count). The third-order valence-corrected chi connectivity index (χ3v) is 1.90. The number of halogens is 1. The Morgan fingerprint density at radius 3 is 2.67 bits per heavy atom. The monoisotopic (exact) mass is 174 g/mol. The van der Waals surface area contributed by atoms with Gasteiger partial charge < -0.3 is 9.47 Å². The third kappa shape index (κ3) is 2.72. The average molecular weight is 174 g/mol. The fourth-order valence-electron chi connectivity index (χ4n) is 1.17. The first-order valence-corrected chi connectivity index (χ1v) is 4.49. The quantitative estimate of drug-likeness (QED) is 0.596. The minimum Gasteiger partial charge on any atom is -0.455 e. The molecule has 70 valence electrons. The van der Waals surface area contributed by atoms with Gasteiger partial charge in [-0.15, -0.1) is 0 Å². The molecule has 1 aliphatic heterocycles. The van der Waals surface area contributed by atoms with Gasteiger partial charge in [-0.25, -0.2) is 0 Å². The van der Waals surface area contributed by atoms with Gasteiger partial charge in [0.1, 0.15) is 0 Å². The summed E-state index contributed by atoms with van der Waals surface area (Å²) in [5.41, 5.74) is 0. The fraction of sp³-hybridized carbons (Fsp3) is 0.778. The van der Waals surface area contributed by atoms with Gasteiger partial charge in [0.05, 0.1) is 0 Å². The zero-order valence-corrected chi connectivity index (χ0v) is 7.44. The minimum atomic E-state index is -0.522. The number of hydrogen-bond donors (Lipinski definition) is 0. The fourth-order valence-corrected chi connectivity index (χ4v) is 1.17. The molecule has 3 heteroatoms. The van der Waals surface area contributed by atoms with E-state index in [-0.39, 0.29) is 6.79 Å². The van der Waals surface area contributed by atoms with Crippen molar-refractivity contribution in [2.24, 2.45) is 0 Å². The van der Waals surface area contributed by atoms with Crippen molar-refractivity contribution in [1.82, 2.24) is 0 Å². The van der Waals surface area contributed by atoms with E-state index in [0.717, 1.165) is 12.8 Å².